The average molecular weight is 305 g/mol. The van der Waals surface area contributed by atoms with Gasteiger partial charge in [0.05, 0.1) is 0 Å². The van der Waals surface area contributed by atoms with Crippen LogP contribution in [0.25, 0.3) is 0 Å². The molecule has 22 heavy (non-hydrogen) atoms. The van der Waals surface area contributed by atoms with Crippen molar-refractivity contribution in [3.05, 3.63) is 23.9 Å². The number of nitrogens with zero attached hydrogens (tertiary/aromatic N) is 3. The molecule has 120 valence electrons. The smallest absolute Gasteiger partial charge is 0.254 e. The lowest BCUT2D eigenvalue weighted by Crippen LogP contribution is -2.47. The van der Waals surface area contributed by atoms with Crippen LogP contribution in [0.4, 0.5) is 5.82 Å². The molecule has 0 unspecified atom stereocenters. The summed E-state index contributed by atoms with van der Waals surface area (Å²) in [5, 5.41) is 0. The van der Waals surface area contributed by atoms with Gasteiger partial charge in [-0.05, 0) is 32.4 Å². The van der Waals surface area contributed by atoms with Crippen molar-refractivity contribution >= 4 is 17.6 Å². The first-order chi connectivity index (χ1) is 10.5. The number of likely N-dealkylation sites (tertiary alicyclic amines) is 1. The number of carbonyl (C=O) groups is 2. The SMILES string of the molecule is CCN(CC)C(=O)[C@@H]1C[C@@H](N)CN1C(=O)c1ccnc(N)c1. The predicted molar refractivity (Wildman–Crippen MR) is 84.0 cm³/mol. The van der Waals surface area contributed by atoms with Crippen LogP contribution in [0.5, 0.6) is 0 Å². The van der Waals surface area contributed by atoms with Gasteiger partial charge in [0.2, 0.25) is 5.91 Å². The average Bonchev–Trinajstić information content (AvgIpc) is 2.89. The molecule has 1 aliphatic rings. The number of rotatable bonds is 4. The van der Waals surface area contributed by atoms with Crippen LogP contribution >= 0.6 is 0 Å². The maximum atomic E-state index is 12.7. The maximum Gasteiger partial charge on any atom is 0.254 e. The minimum atomic E-state index is -0.503. The number of carbonyl (C=O) groups excluding carboxylic acids is 2. The van der Waals surface area contributed by atoms with E-state index in [0.29, 0.717) is 31.6 Å². The van der Waals surface area contributed by atoms with Crippen molar-refractivity contribution in [2.24, 2.45) is 5.73 Å². The standard InChI is InChI=1S/C15H23N5O2/c1-3-19(4-2)15(22)12-8-11(16)9-20(12)14(21)10-5-6-18-13(17)7-10/h5-7,11-12H,3-4,8-9,16H2,1-2H3,(H2,17,18)/t11-,12+/m1/s1. The van der Waals surface area contributed by atoms with Gasteiger partial charge in [-0.15, -0.1) is 0 Å². The number of likely N-dealkylation sites (N-methyl/N-ethyl adjacent to an activating group) is 1. The number of hydrogen-bond donors (Lipinski definition) is 2. The Kier molecular flexibility index (Phi) is 4.97. The summed E-state index contributed by atoms with van der Waals surface area (Å²) in [6.07, 6.45) is 1.97. The maximum absolute atomic E-state index is 12.7. The van der Waals surface area contributed by atoms with E-state index in [0.717, 1.165) is 0 Å². The number of nitrogens with two attached hydrogens (primary N) is 2. The molecular formula is C15H23N5O2. The minimum absolute atomic E-state index is 0.0478. The first-order valence-corrected chi connectivity index (χ1v) is 7.54. The van der Waals surface area contributed by atoms with E-state index in [4.69, 9.17) is 11.5 Å². The molecule has 4 N–H and O–H groups in total. The number of aromatic nitrogens is 1. The van der Waals surface area contributed by atoms with Crippen molar-refractivity contribution in [1.82, 2.24) is 14.8 Å². The van der Waals surface area contributed by atoms with Crippen molar-refractivity contribution in [2.45, 2.75) is 32.4 Å². The van der Waals surface area contributed by atoms with Crippen molar-refractivity contribution in [1.29, 1.82) is 0 Å². The van der Waals surface area contributed by atoms with Crippen LogP contribution in [0.3, 0.4) is 0 Å². The third-order valence-corrected chi connectivity index (χ3v) is 3.98. The molecule has 7 nitrogen and oxygen atoms in total. The van der Waals surface area contributed by atoms with Crippen LogP contribution in [0, 0.1) is 0 Å². The molecule has 2 rings (SSSR count). The number of pyridine rings is 1. The molecule has 7 heteroatoms. The van der Waals surface area contributed by atoms with Crippen LogP contribution in [-0.2, 0) is 4.79 Å². The molecule has 1 saturated heterocycles. The predicted octanol–water partition coefficient (Wildman–Crippen LogP) is 0.0740. The van der Waals surface area contributed by atoms with Crippen molar-refractivity contribution < 1.29 is 9.59 Å². The van der Waals surface area contributed by atoms with Crippen LogP contribution in [-0.4, -0.2) is 58.3 Å². The summed E-state index contributed by atoms with van der Waals surface area (Å²) >= 11 is 0. The Morgan fingerprint density at radius 1 is 1.41 bits per heavy atom. The fraction of sp³-hybridized carbons (Fsp3) is 0.533. The number of nitrogen functional groups attached to an aromatic ring is 1. The molecule has 0 bridgehead atoms. The largest absolute Gasteiger partial charge is 0.384 e. The van der Waals surface area contributed by atoms with Crippen molar-refractivity contribution in [3.8, 4) is 0 Å². The van der Waals surface area contributed by atoms with E-state index in [-0.39, 0.29) is 23.7 Å². The zero-order chi connectivity index (χ0) is 16.3. The second kappa shape index (κ2) is 6.74. The summed E-state index contributed by atoms with van der Waals surface area (Å²) in [5.41, 5.74) is 12.0. The summed E-state index contributed by atoms with van der Waals surface area (Å²) < 4.78 is 0. The van der Waals surface area contributed by atoms with E-state index in [2.05, 4.69) is 4.98 Å². The number of amides is 2. The Morgan fingerprint density at radius 2 is 2.09 bits per heavy atom. The monoisotopic (exact) mass is 305 g/mol. The van der Waals surface area contributed by atoms with Gasteiger partial charge in [0, 0.05) is 37.4 Å². The second-order valence-electron chi connectivity index (χ2n) is 5.45. The molecule has 0 saturated carbocycles. The van der Waals surface area contributed by atoms with E-state index in [1.807, 2.05) is 13.8 Å². The highest BCUT2D eigenvalue weighted by Gasteiger charge is 2.39. The fourth-order valence-electron chi connectivity index (χ4n) is 2.82. The third kappa shape index (κ3) is 3.19. The zero-order valence-corrected chi connectivity index (χ0v) is 13.0. The Morgan fingerprint density at radius 3 is 2.68 bits per heavy atom. The van der Waals surface area contributed by atoms with Crippen LogP contribution < -0.4 is 11.5 Å². The van der Waals surface area contributed by atoms with Gasteiger partial charge in [-0.25, -0.2) is 4.98 Å². The molecular weight excluding hydrogens is 282 g/mol. The van der Waals surface area contributed by atoms with Gasteiger partial charge in [0.1, 0.15) is 11.9 Å². The van der Waals surface area contributed by atoms with Gasteiger partial charge in [0.15, 0.2) is 0 Å². The first-order valence-electron chi connectivity index (χ1n) is 7.54. The molecule has 1 fully saturated rings. The highest BCUT2D eigenvalue weighted by atomic mass is 16.2. The Labute approximate surface area is 130 Å². The minimum Gasteiger partial charge on any atom is -0.384 e. The Bertz CT molecular complexity index is 559. The van der Waals surface area contributed by atoms with Gasteiger partial charge in [-0.3, -0.25) is 9.59 Å². The fourth-order valence-corrected chi connectivity index (χ4v) is 2.82. The van der Waals surface area contributed by atoms with E-state index >= 15 is 0 Å². The molecule has 0 radical (unpaired) electrons. The summed E-state index contributed by atoms with van der Waals surface area (Å²) in [6.45, 7) is 5.45. The molecule has 1 aromatic heterocycles. The number of anilines is 1. The lowest BCUT2D eigenvalue weighted by molar-refractivity contribution is -0.134. The topological polar surface area (TPSA) is 106 Å². The van der Waals surface area contributed by atoms with Gasteiger partial charge in [0.25, 0.3) is 5.91 Å². The van der Waals surface area contributed by atoms with Crippen LogP contribution in [0.2, 0.25) is 0 Å². The van der Waals surface area contributed by atoms with Crippen LogP contribution in [0.1, 0.15) is 30.6 Å². The number of hydrogen-bond acceptors (Lipinski definition) is 5. The van der Waals surface area contributed by atoms with Gasteiger partial charge < -0.3 is 21.3 Å². The lowest BCUT2D eigenvalue weighted by atomic mass is 10.1. The first kappa shape index (κ1) is 16.2. The Balaban J connectivity index is 2.24. The summed E-state index contributed by atoms with van der Waals surface area (Å²) in [4.78, 5) is 32.4. The lowest BCUT2D eigenvalue weighted by Gasteiger charge is -2.29. The third-order valence-electron chi connectivity index (χ3n) is 3.98. The van der Waals surface area contributed by atoms with E-state index < -0.39 is 6.04 Å². The molecule has 2 atom stereocenters. The molecule has 1 aromatic rings. The van der Waals surface area contributed by atoms with Crippen molar-refractivity contribution in [3.63, 3.8) is 0 Å². The van der Waals surface area contributed by atoms with E-state index in [9.17, 15) is 9.59 Å². The highest BCUT2D eigenvalue weighted by Crippen LogP contribution is 2.22. The summed E-state index contributed by atoms with van der Waals surface area (Å²) in [5.74, 6) is 0.00171. The normalized spacial score (nSPS) is 21.0. The molecule has 0 aliphatic carbocycles. The highest BCUT2D eigenvalue weighted by molar-refractivity contribution is 5.98. The van der Waals surface area contributed by atoms with Gasteiger partial charge >= 0.3 is 0 Å². The van der Waals surface area contributed by atoms with Crippen LogP contribution in [0.15, 0.2) is 18.3 Å². The summed E-state index contributed by atoms with van der Waals surface area (Å²) in [7, 11) is 0. The van der Waals surface area contributed by atoms with E-state index in [1.165, 1.54) is 12.3 Å². The second-order valence-corrected chi connectivity index (χ2v) is 5.45. The van der Waals surface area contributed by atoms with E-state index in [1.54, 1.807) is 15.9 Å². The molecule has 2 heterocycles. The molecule has 0 spiro atoms. The molecule has 1 aliphatic heterocycles. The quantitative estimate of drug-likeness (QED) is 0.819. The molecule has 0 aromatic carbocycles. The summed E-state index contributed by atoms with van der Waals surface area (Å²) in [6, 6.07) is 2.43. The molecule has 2 amide bonds. The van der Waals surface area contributed by atoms with Gasteiger partial charge in [-0.1, -0.05) is 0 Å². The van der Waals surface area contributed by atoms with Crippen molar-refractivity contribution in [2.75, 3.05) is 25.4 Å². The van der Waals surface area contributed by atoms with Gasteiger partial charge in [-0.2, -0.15) is 0 Å². The Hall–Kier alpha value is -2.15. The zero-order valence-electron chi connectivity index (χ0n) is 13.0.